The maximum absolute atomic E-state index is 12.5. The van der Waals surface area contributed by atoms with Gasteiger partial charge in [-0.25, -0.2) is 4.79 Å². The molecule has 0 unspecified atom stereocenters. The number of esters is 1. The van der Waals surface area contributed by atoms with E-state index < -0.39 is 5.97 Å². The number of carbonyl (C=O) groups excluding carboxylic acids is 1. The first-order valence-electron chi connectivity index (χ1n) is 8.19. The quantitative estimate of drug-likeness (QED) is 0.803. The molecule has 1 aromatic heterocycles. The van der Waals surface area contributed by atoms with Crippen molar-refractivity contribution in [3.8, 4) is 0 Å². The van der Waals surface area contributed by atoms with Crippen LogP contribution < -0.4 is 10.3 Å². The second-order valence-corrected chi connectivity index (χ2v) is 6.09. The molecule has 1 saturated heterocycles. The van der Waals surface area contributed by atoms with Gasteiger partial charge in [-0.15, -0.1) is 0 Å². The van der Waals surface area contributed by atoms with Crippen LogP contribution >= 0.6 is 0 Å². The van der Waals surface area contributed by atoms with Gasteiger partial charge in [0.1, 0.15) is 0 Å². The zero-order chi connectivity index (χ0) is 17.3. The first kappa shape index (κ1) is 16.5. The van der Waals surface area contributed by atoms with Crippen LogP contribution in [-0.4, -0.2) is 50.7 Å². The van der Waals surface area contributed by atoms with Gasteiger partial charge in [-0.3, -0.25) is 4.79 Å². The van der Waals surface area contributed by atoms with Gasteiger partial charge in [-0.05, 0) is 32.5 Å². The predicted molar refractivity (Wildman–Crippen MR) is 92.9 cm³/mol. The van der Waals surface area contributed by atoms with Crippen LogP contribution in [-0.2, 0) is 4.74 Å². The third kappa shape index (κ3) is 3.01. The SMILES string of the molecule is CCOC(=O)c1cc(=O)c2c(C)ccc(N3CCN(C)CC3)c2o1. The molecule has 0 atom stereocenters. The summed E-state index contributed by atoms with van der Waals surface area (Å²) in [6.45, 7) is 7.41. The highest BCUT2D eigenvalue weighted by atomic mass is 16.5. The Hall–Kier alpha value is -2.34. The summed E-state index contributed by atoms with van der Waals surface area (Å²) in [5.41, 5.74) is 1.95. The second-order valence-electron chi connectivity index (χ2n) is 6.09. The molecule has 128 valence electrons. The molecule has 0 saturated carbocycles. The lowest BCUT2D eigenvalue weighted by molar-refractivity contribution is 0.0490. The van der Waals surface area contributed by atoms with Gasteiger partial charge in [0, 0.05) is 32.2 Å². The molecule has 0 amide bonds. The molecule has 1 aliphatic rings. The number of benzene rings is 1. The van der Waals surface area contributed by atoms with Crippen molar-refractivity contribution in [1.29, 1.82) is 0 Å². The zero-order valence-corrected chi connectivity index (χ0v) is 14.3. The lowest BCUT2D eigenvalue weighted by Crippen LogP contribution is -2.44. The summed E-state index contributed by atoms with van der Waals surface area (Å²) in [4.78, 5) is 29.0. The second kappa shape index (κ2) is 6.65. The molecule has 1 aliphatic heterocycles. The van der Waals surface area contributed by atoms with Crippen molar-refractivity contribution in [3.05, 3.63) is 39.7 Å². The predicted octanol–water partition coefficient (Wildman–Crippen LogP) is 2.03. The fraction of sp³-hybridized carbons (Fsp3) is 0.444. The number of fused-ring (bicyclic) bond motifs is 1. The smallest absolute Gasteiger partial charge is 0.374 e. The van der Waals surface area contributed by atoms with Gasteiger partial charge in [0.2, 0.25) is 5.76 Å². The van der Waals surface area contributed by atoms with Gasteiger partial charge in [-0.2, -0.15) is 0 Å². The first-order valence-corrected chi connectivity index (χ1v) is 8.19. The normalized spacial score (nSPS) is 15.7. The lowest BCUT2D eigenvalue weighted by atomic mass is 10.1. The Morgan fingerprint density at radius 1 is 1.25 bits per heavy atom. The highest BCUT2D eigenvalue weighted by Gasteiger charge is 2.21. The van der Waals surface area contributed by atoms with E-state index in [1.54, 1.807) is 6.92 Å². The van der Waals surface area contributed by atoms with Gasteiger partial charge in [0.25, 0.3) is 0 Å². The summed E-state index contributed by atoms with van der Waals surface area (Å²) >= 11 is 0. The van der Waals surface area contributed by atoms with Crippen LogP contribution in [0.2, 0.25) is 0 Å². The number of hydrogen-bond acceptors (Lipinski definition) is 6. The number of ether oxygens (including phenoxy) is 1. The minimum Gasteiger partial charge on any atom is -0.460 e. The number of carbonyl (C=O) groups is 1. The Labute approximate surface area is 140 Å². The fourth-order valence-corrected chi connectivity index (χ4v) is 3.01. The number of likely N-dealkylation sites (N-methyl/N-ethyl adjacent to an activating group) is 1. The summed E-state index contributed by atoms with van der Waals surface area (Å²) < 4.78 is 10.8. The van der Waals surface area contributed by atoms with Gasteiger partial charge in [0.15, 0.2) is 11.0 Å². The monoisotopic (exact) mass is 330 g/mol. The maximum atomic E-state index is 12.5. The number of anilines is 1. The van der Waals surface area contributed by atoms with E-state index >= 15 is 0 Å². The molecular formula is C18H22N2O4. The average Bonchev–Trinajstić information content (AvgIpc) is 2.56. The van der Waals surface area contributed by atoms with Crippen molar-refractivity contribution in [3.63, 3.8) is 0 Å². The minimum atomic E-state index is -0.609. The van der Waals surface area contributed by atoms with Crippen molar-refractivity contribution in [2.45, 2.75) is 13.8 Å². The van der Waals surface area contributed by atoms with Gasteiger partial charge >= 0.3 is 5.97 Å². The van der Waals surface area contributed by atoms with Crippen molar-refractivity contribution in [2.24, 2.45) is 0 Å². The van der Waals surface area contributed by atoms with E-state index in [1.807, 2.05) is 19.1 Å². The third-order valence-corrected chi connectivity index (χ3v) is 4.39. The Morgan fingerprint density at radius 2 is 1.96 bits per heavy atom. The molecule has 0 radical (unpaired) electrons. The van der Waals surface area contributed by atoms with Crippen LogP contribution in [0.1, 0.15) is 23.0 Å². The molecule has 0 bridgehead atoms. The number of nitrogens with zero attached hydrogens (tertiary/aromatic N) is 2. The molecule has 2 heterocycles. The fourth-order valence-electron chi connectivity index (χ4n) is 3.01. The van der Waals surface area contributed by atoms with E-state index in [2.05, 4.69) is 16.8 Å². The average molecular weight is 330 g/mol. The Bertz CT molecular complexity index is 820. The largest absolute Gasteiger partial charge is 0.460 e. The van der Waals surface area contributed by atoms with Crippen molar-refractivity contribution >= 4 is 22.6 Å². The molecule has 6 nitrogen and oxygen atoms in total. The van der Waals surface area contributed by atoms with Crippen LogP contribution in [0, 0.1) is 6.92 Å². The summed E-state index contributed by atoms with van der Waals surface area (Å²) in [5.74, 6) is -0.655. The standard InChI is InChI=1S/C18H22N2O4/c1-4-23-18(22)15-11-14(21)16-12(2)5-6-13(17(16)24-15)20-9-7-19(3)8-10-20/h5-6,11H,4,7-10H2,1-3H3. The Morgan fingerprint density at radius 3 is 2.62 bits per heavy atom. The van der Waals surface area contributed by atoms with Crippen LogP contribution in [0.3, 0.4) is 0 Å². The van der Waals surface area contributed by atoms with Gasteiger partial charge in [-0.1, -0.05) is 6.07 Å². The molecule has 2 aromatic rings. The molecule has 3 rings (SSSR count). The van der Waals surface area contributed by atoms with Gasteiger partial charge < -0.3 is 19.0 Å². The zero-order valence-electron chi connectivity index (χ0n) is 14.3. The minimum absolute atomic E-state index is 0.0460. The third-order valence-electron chi connectivity index (χ3n) is 4.39. The van der Waals surface area contributed by atoms with E-state index in [1.165, 1.54) is 6.07 Å². The maximum Gasteiger partial charge on any atom is 0.374 e. The van der Waals surface area contributed by atoms with Crippen LogP contribution in [0.5, 0.6) is 0 Å². The van der Waals surface area contributed by atoms with Crippen LogP contribution in [0.25, 0.3) is 11.0 Å². The molecule has 0 N–H and O–H groups in total. The van der Waals surface area contributed by atoms with E-state index in [4.69, 9.17) is 9.15 Å². The molecule has 1 aromatic carbocycles. The van der Waals surface area contributed by atoms with E-state index in [0.29, 0.717) is 11.0 Å². The summed E-state index contributed by atoms with van der Waals surface area (Å²) in [6, 6.07) is 5.11. The number of piperazine rings is 1. The molecule has 6 heteroatoms. The van der Waals surface area contributed by atoms with E-state index in [-0.39, 0.29) is 17.8 Å². The van der Waals surface area contributed by atoms with Crippen LogP contribution in [0.4, 0.5) is 5.69 Å². The van der Waals surface area contributed by atoms with E-state index in [0.717, 1.165) is 37.4 Å². The van der Waals surface area contributed by atoms with Crippen molar-refractivity contribution < 1.29 is 13.9 Å². The van der Waals surface area contributed by atoms with Crippen molar-refractivity contribution in [1.82, 2.24) is 4.90 Å². The molecule has 24 heavy (non-hydrogen) atoms. The topological polar surface area (TPSA) is 63.0 Å². The Kier molecular flexibility index (Phi) is 4.57. The highest BCUT2D eigenvalue weighted by Crippen LogP contribution is 2.29. The van der Waals surface area contributed by atoms with Crippen LogP contribution in [0.15, 0.2) is 27.4 Å². The summed E-state index contributed by atoms with van der Waals surface area (Å²) in [5, 5.41) is 0.527. The summed E-state index contributed by atoms with van der Waals surface area (Å²) in [7, 11) is 2.09. The lowest BCUT2D eigenvalue weighted by Gasteiger charge is -2.34. The Balaban J connectivity index is 2.14. The molecular weight excluding hydrogens is 308 g/mol. The molecule has 0 aliphatic carbocycles. The number of rotatable bonds is 3. The highest BCUT2D eigenvalue weighted by molar-refractivity contribution is 5.94. The first-order chi connectivity index (χ1) is 11.5. The molecule has 0 spiro atoms. The van der Waals surface area contributed by atoms with E-state index in [9.17, 15) is 9.59 Å². The van der Waals surface area contributed by atoms with Crippen molar-refractivity contribution in [2.75, 3.05) is 44.7 Å². The van der Waals surface area contributed by atoms with Gasteiger partial charge in [0.05, 0.1) is 17.7 Å². The number of hydrogen-bond donors (Lipinski definition) is 0. The number of aryl methyl sites for hydroxylation is 1. The molecule has 1 fully saturated rings. The summed E-state index contributed by atoms with van der Waals surface area (Å²) in [6.07, 6.45) is 0.